The van der Waals surface area contributed by atoms with Gasteiger partial charge < -0.3 is 25.0 Å². The second kappa shape index (κ2) is 10.2. The third-order valence-corrected chi connectivity index (χ3v) is 6.44. The molecule has 2 aliphatic heterocycles. The number of hydrogen-bond donors (Lipinski definition) is 2. The number of morpholine rings is 1. The highest BCUT2D eigenvalue weighted by Crippen LogP contribution is 2.26. The number of hydrogen-bond acceptors (Lipinski definition) is 4. The van der Waals surface area contributed by atoms with E-state index in [0.717, 1.165) is 30.3 Å². The Balaban J connectivity index is 1.36. The summed E-state index contributed by atoms with van der Waals surface area (Å²) in [6.45, 7) is 5.95. The zero-order valence-corrected chi connectivity index (χ0v) is 18.2. The van der Waals surface area contributed by atoms with Crippen LogP contribution in [0.5, 0.6) is 0 Å². The molecule has 0 radical (unpaired) electrons. The van der Waals surface area contributed by atoms with Crippen molar-refractivity contribution in [3.8, 4) is 0 Å². The van der Waals surface area contributed by atoms with Crippen molar-refractivity contribution in [3.63, 3.8) is 0 Å². The van der Waals surface area contributed by atoms with Crippen LogP contribution in [0, 0.1) is 5.92 Å². The van der Waals surface area contributed by atoms with Crippen molar-refractivity contribution < 1.29 is 14.6 Å². The van der Waals surface area contributed by atoms with Gasteiger partial charge in [0, 0.05) is 37.4 Å². The first-order valence-corrected chi connectivity index (χ1v) is 11.3. The molecule has 2 heterocycles. The molecule has 6 nitrogen and oxygen atoms in total. The van der Waals surface area contributed by atoms with Crippen LogP contribution in [0.2, 0.25) is 0 Å². The predicted octanol–water partition coefficient (Wildman–Crippen LogP) is 4.28. The van der Waals surface area contributed by atoms with Crippen molar-refractivity contribution in [2.45, 2.75) is 38.3 Å². The SMILES string of the molecule is CC1CCN(c2ccc(NC(=O)N3CCOCC3CC(O)c3ccccc3)cc2)CC1. The van der Waals surface area contributed by atoms with Crippen LogP contribution in [0.25, 0.3) is 0 Å². The first kappa shape index (κ1) is 21.7. The van der Waals surface area contributed by atoms with Crippen molar-refractivity contribution in [1.29, 1.82) is 0 Å². The van der Waals surface area contributed by atoms with Gasteiger partial charge in [-0.2, -0.15) is 0 Å². The first-order chi connectivity index (χ1) is 15.1. The Morgan fingerprint density at radius 3 is 2.52 bits per heavy atom. The topological polar surface area (TPSA) is 65.0 Å². The quantitative estimate of drug-likeness (QED) is 0.753. The Labute approximate surface area is 184 Å². The standard InChI is InChI=1S/C25H33N3O3/c1-19-11-13-27(14-12-19)22-9-7-21(8-10-22)26-25(30)28-15-16-31-18-23(28)17-24(29)20-5-3-2-4-6-20/h2-10,19,23-24,29H,11-18H2,1H3,(H,26,30). The van der Waals surface area contributed by atoms with Gasteiger partial charge in [-0.25, -0.2) is 4.79 Å². The fraction of sp³-hybridized carbons (Fsp3) is 0.480. The summed E-state index contributed by atoms with van der Waals surface area (Å²) in [6.07, 6.45) is 2.27. The summed E-state index contributed by atoms with van der Waals surface area (Å²) in [5, 5.41) is 13.6. The number of nitrogens with zero attached hydrogens (tertiary/aromatic N) is 2. The molecule has 2 aromatic rings. The van der Waals surface area contributed by atoms with Crippen LogP contribution in [0.15, 0.2) is 54.6 Å². The summed E-state index contributed by atoms with van der Waals surface area (Å²) in [5.74, 6) is 0.802. The van der Waals surface area contributed by atoms with Gasteiger partial charge >= 0.3 is 6.03 Å². The lowest BCUT2D eigenvalue weighted by atomic mass is 9.99. The number of carbonyl (C=O) groups is 1. The molecule has 2 unspecified atom stereocenters. The average molecular weight is 424 g/mol. The van der Waals surface area contributed by atoms with Crippen molar-refractivity contribution >= 4 is 17.4 Å². The van der Waals surface area contributed by atoms with Gasteiger partial charge in [-0.05, 0) is 48.6 Å². The molecule has 4 rings (SSSR count). The minimum absolute atomic E-state index is 0.145. The van der Waals surface area contributed by atoms with Crippen LogP contribution in [0.4, 0.5) is 16.2 Å². The number of anilines is 2. The van der Waals surface area contributed by atoms with Crippen LogP contribution in [-0.4, -0.2) is 54.9 Å². The van der Waals surface area contributed by atoms with Crippen molar-refractivity contribution in [3.05, 3.63) is 60.2 Å². The van der Waals surface area contributed by atoms with E-state index in [-0.39, 0.29) is 12.1 Å². The minimum atomic E-state index is -0.630. The summed E-state index contributed by atoms with van der Waals surface area (Å²) >= 11 is 0. The van der Waals surface area contributed by atoms with Crippen LogP contribution in [0.1, 0.15) is 37.9 Å². The van der Waals surface area contributed by atoms with Gasteiger partial charge in [0.05, 0.1) is 25.4 Å². The molecule has 31 heavy (non-hydrogen) atoms. The van der Waals surface area contributed by atoms with Crippen LogP contribution < -0.4 is 10.2 Å². The van der Waals surface area contributed by atoms with Gasteiger partial charge in [0.2, 0.25) is 0 Å². The molecular formula is C25H33N3O3. The summed E-state index contributed by atoms with van der Waals surface area (Å²) < 4.78 is 5.60. The molecule has 2 saturated heterocycles. The van der Waals surface area contributed by atoms with E-state index >= 15 is 0 Å². The van der Waals surface area contributed by atoms with E-state index in [1.807, 2.05) is 42.5 Å². The number of carbonyl (C=O) groups excluding carboxylic acids is 1. The molecule has 2 aliphatic rings. The third-order valence-electron chi connectivity index (χ3n) is 6.44. The number of nitrogens with one attached hydrogen (secondary N) is 1. The number of rotatable bonds is 5. The number of ether oxygens (including phenoxy) is 1. The lowest BCUT2D eigenvalue weighted by Gasteiger charge is -2.36. The molecule has 0 saturated carbocycles. The maximum atomic E-state index is 13.0. The first-order valence-electron chi connectivity index (χ1n) is 11.3. The van der Waals surface area contributed by atoms with Gasteiger partial charge in [0.25, 0.3) is 0 Å². The molecule has 0 aliphatic carbocycles. The van der Waals surface area contributed by atoms with E-state index in [9.17, 15) is 9.90 Å². The van der Waals surface area contributed by atoms with Gasteiger partial charge in [-0.1, -0.05) is 37.3 Å². The Morgan fingerprint density at radius 2 is 1.81 bits per heavy atom. The molecule has 0 bridgehead atoms. The van der Waals surface area contributed by atoms with Gasteiger partial charge in [-0.15, -0.1) is 0 Å². The predicted molar refractivity (Wildman–Crippen MR) is 123 cm³/mol. The van der Waals surface area contributed by atoms with Crippen LogP contribution in [0.3, 0.4) is 0 Å². The summed E-state index contributed by atoms with van der Waals surface area (Å²) in [6, 6.07) is 17.4. The number of piperidine rings is 1. The van der Waals surface area contributed by atoms with Crippen molar-refractivity contribution in [2.24, 2.45) is 5.92 Å². The molecule has 2 atom stereocenters. The van der Waals surface area contributed by atoms with E-state index in [2.05, 4.69) is 29.3 Å². The number of aliphatic hydroxyl groups is 1. The van der Waals surface area contributed by atoms with E-state index in [0.29, 0.717) is 26.2 Å². The smallest absolute Gasteiger partial charge is 0.322 e. The van der Waals surface area contributed by atoms with Crippen LogP contribution >= 0.6 is 0 Å². The molecule has 2 fully saturated rings. The number of urea groups is 1. The highest BCUT2D eigenvalue weighted by Gasteiger charge is 2.29. The molecule has 6 heteroatoms. The van der Waals surface area contributed by atoms with Crippen molar-refractivity contribution in [1.82, 2.24) is 4.90 Å². The van der Waals surface area contributed by atoms with Crippen LogP contribution in [-0.2, 0) is 4.74 Å². The monoisotopic (exact) mass is 423 g/mol. The average Bonchev–Trinajstić information content (AvgIpc) is 2.81. The largest absolute Gasteiger partial charge is 0.388 e. The maximum Gasteiger partial charge on any atom is 0.322 e. The number of amides is 2. The summed E-state index contributed by atoms with van der Waals surface area (Å²) in [4.78, 5) is 17.2. The third kappa shape index (κ3) is 5.57. The number of aliphatic hydroxyl groups excluding tert-OH is 1. The fourth-order valence-electron chi connectivity index (χ4n) is 4.40. The van der Waals surface area contributed by atoms with E-state index in [1.54, 1.807) is 4.90 Å². The molecule has 2 N–H and O–H groups in total. The van der Waals surface area contributed by atoms with Gasteiger partial charge in [0.1, 0.15) is 0 Å². The number of benzene rings is 2. The minimum Gasteiger partial charge on any atom is -0.388 e. The normalized spacial score (nSPS) is 21.0. The highest BCUT2D eigenvalue weighted by molar-refractivity contribution is 5.89. The Hall–Kier alpha value is -2.57. The lowest BCUT2D eigenvalue weighted by Crippen LogP contribution is -2.50. The summed E-state index contributed by atoms with van der Waals surface area (Å²) in [7, 11) is 0. The van der Waals surface area contributed by atoms with E-state index < -0.39 is 6.10 Å². The molecular weight excluding hydrogens is 390 g/mol. The molecule has 166 valence electrons. The maximum absolute atomic E-state index is 13.0. The molecule has 2 amide bonds. The Bertz CT molecular complexity index is 835. The molecule has 0 aromatic heterocycles. The van der Waals surface area contributed by atoms with E-state index in [4.69, 9.17) is 4.74 Å². The lowest BCUT2D eigenvalue weighted by molar-refractivity contribution is -0.00427. The Morgan fingerprint density at radius 1 is 1.10 bits per heavy atom. The van der Waals surface area contributed by atoms with Gasteiger partial charge in [0.15, 0.2) is 0 Å². The zero-order valence-electron chi connectivity index (χ0n) is 18.2. The van der Waals surface area contributed by atoms with E-state index in [1.165, 1.54) is 18.5 Å². The summed E-state index contributed by atoms with van der Waals surface area (Å²) in [5.41, 5.74) is 2.85. The Kier molecular flexibility index (Phi) is 7.10. The fourth-order valence-corrected chi connectivity index (χ4v) is 4.40. The second-order valence-corrected chi connectivity index (χ2v) is 8.73. The van der Waals surface area contributed by atoms with Gasteiger partial charge in [-0.3, -0.25) is 0 Å². The molecule has 2 aromatic carbocycles. The highest BCUT2D eigenvalue weighted by atomic mass is 16.5. The zero-order chi connectivity index (χ0) is 21.6. The second-order valence-electron chi connectivity index (χ2n) is 8.73. The molecule has 0 spiro atoms. The van der Waals surface area contributed by atoms with Crippen molar-refractivity contribution in [2.75, 3.05) is 43.1 Å².